The van der Waals surface area contributed by atoms with Gasteiger partial charge in [-0.1, -0.05) is 0 Å². The summed E-state index contributed by atoms with van der Waals surface area (Å²) in [5.74, 6) is -0.592. The first kappa shape index (κ1) is 25.2. The van der Waals surface area contributed by atoms with Crippen molar-refractivity contribution in [3.05, 3.63) is 54.1 Å². The summed E-state index contributed by atoms with van der Waals surface area (Å²) in [5.41, 5.74) is -4.60. The lowest BCUT2D eigenvalue weighted by atomic mass is 9.91. The quantitative estimate of drug-likeness (QED) is 0.471. The standard InChI is InChI=1S/C23H23F2N5O5S/c1-22(2)20(29-21(31)32)30-23(3,19(25)36(22,33)34)15-10-13(5-6-16(15)24)28-18-17-12(7-8-26-18)9-14(35-4)11-27-17/h5-11,19H,1-4H3,(H,26,28)(H,29,30)(H,31,32)/t19-,23+/m0/s1. The summed E-state index contributed by atoms with van der Waals surface area (Å²) in [6.45, 7) is 3.36. The van der Waals surface area contributed by atoms with Gasteiger partial charge in [0.1, 0.15) is 33.2 Å². The molecule has 0 spiro atoms. The molecule has 2 aromatic heterocycles. The van der Waals surface area contributed by atoms with E-state index in [-0.39, 0.29) is 5.69 Å². The molecule has 1 aliphatic heterocycles. The van der Waals surface area contributed by atoms with Gasteiger partial charge in [-0.2, -0.15) is 0 Å². The molecule has 0 aliphatic carbocycles. The van der Waals surface area contributed by atoms with E-state index in [4.69, 9.17) is 4.74 Å². The number of nitrogens with zero attached hydrogens (tertiary/aromatic N) is 3. The van der Waals surface area contributed by atoms with E-state index in [1.54, 1.807) is 12.1 Å². The van der Waals surface area contributed by atoms with Crippen LogP contribution in [0.2, 0.25) is 0 Å². The molecule has 36 heavy (non-hydrogen) atoms. The van der Waals surface area contributed by atoms with Crippen LogP contribution in [0.1, 0.15) is 26.3 Å². The molecule has 3 N–H and O–H groups in total. The van der Waals surface area contributed by atoms with Crippen molar-refractivity contribution in [3.8, 4) is 5.75 Å². The molecule has 2 atom stereocenters. The zero-order valence-electron chi connectivity index (χ0n) is 19.7. The molecule has 0 saturated heterocycles. The third-order valence-corrected chi connectivity index (χ3v) is 8.77. The number of pyridine rings is 2. The number of ether oxygens (including phenoxy) is 1. The molecule has 1 aliphatic rings. The summed E-state index contributed by atoms with van der Waals surface area (Å²) < 4.78 is 60.0. The van der Waals surface area contributed by atoms with E-state index in [0.29, 0.717) is 22.5 Å². The van der Waals surface area contributed by atoms with Gasteiger partial charge in [0.2, 0.25) is 5.50 Å². The molecule has 3 heterocycles. The van der Waals surface area contributed by atoms with Crippen molar-refractivity contribution >= 4 is 44.2 Å². The number of halogens is 2. The molecule has 0 radical (unpaired) electrons. The number of hydrogen-bond donors (Lipinski definition) is 3. The van der Waals surface area contributed by atoms with Gasteiger partial charge in [0.15, 0.2) is 15.7 Å². The highest BCUT2D eigenvalue weighted by Crippen LogP contribution is 2.44. The Morgan fingerprint density at radius 3 is 2.56 bits per heavy atom. The first-order valence-corrected chi connectivity index (χ1v) is 12.2. The molecule has 0 fully saturated rings. The first-order chi connectivity index (χ1) is 16.8. The van der Waals surface area contributed by atoms with E-state index in [2.05, 4.69) is 20.3 Å². The lowest BCUT2D eigenvalue weighted by Crippen LogP contribution is -2.60. The second kappa shape index (κ2) is 8.66. The Hall–Kier alpha value is -3.87. The molecule has 190 valence electrons. The Morgan fingerprint density at radius 2 is 1.89 bits per heavy atom. The molecule has 0 bridgehead atoms. The second-order valence-electron chi connectivity index (χ2n) is 8.84. The van der Waals surface area contributed by atoms with Gasteiger partial charge in [0.05, 0.1) is 13.3 Å². The predicted molar refractivity (Wildman–Crippen MR) is 130 cm³/mol. The number of hydrogen-bond acceptors (Lipinski definition) is 8. The number of fused-ring (bicyclic) bond motifs is 1. The van der Waals surface area contributed by atoms with E-state index >= 15 is 8.78 Å². The molecule has 4 rings (SSSR count). The average Bonchev–Trinajstić information content (AvgIpc) is 2.82. The van der Waals surface area contributed by atoms with Crippen LogP contribution in [0.3, 0.4) is 0 Å². The summed E-state index contributed by atoms with van der Waals surface area (Å²) in [6, 6.07) is 7.08. The monoisotopic (exact) mass is 519 g/mol. The Morgan fingerprint density at radius 1 is 1.17 bits per heavy atom. The number of amidine groups is 1. The first-order valence-electron chi connectivity index (χ1n) is 10.6. The highest BCUT2D eigenvalue weighted by molar-refractivity contribution is 7.94. The number of benzene rings is 1. The van der Waals surface area contributed by atoms with Crippen LogP contribution >= 0.6 is 0 Å². The number of anilines is 2. The topological polar surface area (TPSA) is 143 Å². The van der Waals surface area contributed by atoms with Gasteiger partial charge >= 0.3 is 6.09 Å². The lowest BCUT2D eigenvalue weighted by Gasteiger charge is -2.41. The van der Waals surface area contributed by atoms with Crippen molar-refractivity contribution in [2.45, 2.75) is 36.6 Å². The van der Waals surface area contributed by atoms with E-state index in [1.807, 2.05) is 5.32 Å². The number of rotatable bonds is 4. The van der Waals surface area contributed by atoms with Crippen LogP contribution < -0.4 is 15.4 Å². The normalized spacial score (nSPS) is 22.5. The molecule has 0 unspecified atom stereocenters. The van der Waals surface area contributed by atoms with Gasteiger partial charge < -0.3 is 15.2 Å². The molecule has 13 heteroatoms. The Labute approximate surface area is 205 Å². The summed E-state index contributed by atoms with van der Waals surface area (Å²) >= 11 is 0. The van der Waals surface area contributed by atoms with Gasteiger partial charge in [-0.15, -0.1) is 0 Å². The maximum absolute atomic E-state index is 15.6. The number of aliphatic imine (C=N–C) groups is 1. The Bertz CT molecular complexity index is 1510. The van der Waals surface area contributed by atoms with E-state index in [0.717, 1.165) is 26.8 Å². The van der Waals surface area contributed by atoms with Crippen molar-refractivity contribution in [1.82, 2.24) is 15.3 Å². The van der Waals surface area contributed by atoms with Crippen LogP contribution in [-0.4, -0.2) is 52.8 Å². The summed E-state index contributed by atoms with van der Waals surface area (Å²) in [5, 5.41) is 14.8. The molecule has 3 aromatic rings. The number of sulfone groups is 1. The van der Waals surface area contributed by atoms with Gasteiger partial charge in [-0.05, 0) is 51.1 Å². The summed E-state index contributed by atoms with van der Waals surface area (Å²) in [7, 11) is -3.15. The largest absolute Gasteiger partial charge is 0.495 e. The van der Waals surface area contributed by atoms with E-state index in [1.165, 1.54) is 31.6 Å². The fourth-order valence-corrected chi connectivity index (χ4v) is 5.61. The fraction of sp³-hybridized carbons (Fsp3) is 0.304. The maximum Gasteiger partial charge on any atom is 0.410 e. The SMILES string of the molecule is COc1cnc2c(Nc3ccc(F)c([C@@]4(C)N=C(NC(=O)O)C(C)(C)S(=O)(=O)[C@@H]4F)c3)nccc2c1. The smallest absolute Gasteiger partial charge is 0.410 e. The van der Waals surface area contributed by atoms with Crippen molar-refractivity contribution in [1.29, 1.82) is 0 Å². The zero-order valence-corrected chi connectivity index (χ0v) is 20.5. The zero-order chi connectivity index (χ0) is 26.5. The lowest BCUT2D eigenvalue weighted by molar-refractivity contribution is 0.199. The third-order valence-electron chi connectivity index (χ3n) is 6.15. The number of nitrogens with one attached hydrogen (secondary N) is 2. The van der Waals surface area contributed by atoms with Crippen molar-refractivity contribution in [2.75, 3.05) is 12.4 Å². The second-order valence-corrected chi connectivity index (χ2v) is 11.4. The fourth-order valence-electron chi connectivity index (χ4n) is 3.95. The van der Waals surface area contributed by atoms with E-state index in [9.17, 15) is 18.3 Å². The number of amides is 1. The molecular weight excluding hydrogens is 496 g/mol. The number of methoxy groups -OCH3 is 1. The van der Waals surface area contributed by atoms with Crippen molar-refractivity contribution in [3.63, 3.8) is 0 Å². The van der Waals surface area contributed by atoms with Gasteiger partial charge in [0.25, 0.3) is 0 Å². The van der Waals surface area contributed by atoms with Crippen molar-refractivity contribution < 1.29 is 31.8 Å². The molecule has 10 nitrogen and oxygen atoms in total. The van der Waals surface area contributed by atoms with Crippen LogP contribution in [0.15, 0.2) is 47.7 Å². The summed E-state index contributed by atoms with van der Waals surface area (Å²) in [4.78, 5) is 24.0. The maximum atomic E-state index is 15.6. The van der Waals surface area contributed by atoms with Gasteiger partial charge in [0, 0.05) is 22.8 Å². The van der Waals surface area contributed by atoms with Crippen LogP contribution in [-0.2, 0) is 15.4 Å². The Kier molecular flexibility index (Phi) is 6.07. The minimum atomic E-state index is -4.66. The van der Waals surface area contributed by atoms with Crippen LogP contribution in [0.4, 0.5) is 25.1 Å². The number of carboxylic acid groups (broad SMARTS) is 1. The number of alkyl halides is 1. The predicted octanol–water partition coefficient (Wildman–Crippen LogP) is 3.91. The molecule has 1 aromatic carbocycles. The van der Waals surface area contributed by atoms with Gasteiger partial charge in [-0.25, -0.2) is 32.0 Å². The number of aromatic nitrogens is 2. The highest BCUT2D eigenvalue weighted by atomic mass is 32.2. The van der Waals surface area contributed by atoms with Crippen LogP contribution in [0, 0.1) is 5.82 Å². The molecule has 1 amide bonds. The average molecular weight is 520 g/mol. The third kappa shape index (κ3) is 3.98. The number of carbonyl (C=O) groups is 1. The van der Waals surface area contributed by atoms with Crippen LogP contribution in [0.25, 0.3) is 10.9 Å². The van der Waals surface area contributed by atoms with E-state index < -0.39 is 48.9 Å². The Balaban J connectivity index is 1.83. The van der Waals surface area contributed by atoms with Crippen LogP contribution in [0.5, 0.6) is 5.75 Å². The molecule has 0 saturated carbocycles. The highest BCUT2D eigenvalue weighted by Gasteiger charge is 2.59. The van der Waals surface area contributed by atoms with Crippen molar-refractivity contribution in [2.24, 2.45) is 4.99 Å². The van der Waals surface area contributed by atoms with Gasteiger partial charge in [-0.3, -0.25) is 10.3 Å². The minimum Gasteiger partial charge on any atom is -0.495 e. The molecular formula is C23H23F2N5O5S. The minimum absolute atomic E-state index is 0.252. The summed E-state index contributed by atoms with van der Waals surface area (Å²) in [6.07, 6.45) is 1.44.